The molecule has 0 radical (unpaired) electrons. The number of carbonyl (C=O) groups is 1. The van der Waals surface area contributed by atoms with E-state index in [1.54, 1.807) is 12.3 Å². The van der Waals surface area contributed by atoms with Gasteiger partial charge in [-0.15, -0.1) is 10.2 Å². The van der Waals surface area contributed by atoms with Gasteiger partial charge in [-0.2, -0.15) is 0 Å². The lowest BCUT2D eigenvalue weighted by Crippen LogP contribution is -2.24. The molecule has 34 heavy (non-hydrogen) atoms. The van der Waals surface area contributed by atoms with Crippen molar-refractivity contribution >= 4 is 11.6 Å². The molecule has 0 bridgehead atoms. The molecule has 0 fully saturated rings. The number of nitrogens with one attached hydrogen (secondary N) is 2. The third kappa shape index (κ3) is 4.65. The molecule has 0 saturated heterocycles. The second-order valence-corrected chi connectivity index (χ2v) is 8.07. The van der Waals surface area contributed by atoms with E-state index in [-0.39, 0.29) is 5.91 Å². The van der Waals surface area contributed by atoms with Crippen molar-refractivity contribution in [2.24, 2.45) is 7.05 Å². The Morgan fingerprint density at radius 3 is 2.91 bits per heavy atom. The van der Waals surface area contributed by atoms with E-state index in [4.69, 9.17) is 4.74 Å². The molecule has 9 heteroatoms. The Balaban J connectivity index is 1.22. The molecule has 2 aromatic carbocycles. The van der Waals surface area contributed by atoms with Crippen molar-refractivity contribution in [3.8, 4) is 11.5 Å². The van der Waals surface area contributed by atoms with E-state index in [1.165, 1.54) is 17.5 Å². The number of anilines is 1. The number of rotatable bonds is 7. The molecule has 1 aliphatic heterocycles. The highest BCUT2D eigenvalue weighted by Gasteiger charge is 2.15. The van der Waals surface area contributed by atoms with E-state index in [1.807, 2.05) is 41.9 Å². The van der Waals surface area contributed by atoms with Crippen LogP contribution in [0.4, 0.5) is 5.69 Å². The van der Waals surface area contributed by atoms with Crippen LogP contribution in [0.15, 0.2) is 61.1 Å². The number of ether oxygens (including phenoxy) is 1. The second kappa shape index (κ2) is 9.80. The molecule has 2 N–H and O–H groups in total. The van der Waals surface area contributed by atoms with Gasteiger partial charge < -0.3 is 19.9 Å². The van der Waals surface area contributed by atoms with E-state index < -0.39 is 0 Å². The lowest BCUT2D eigenvalue weighted by atomic mass is 9.97. The first-order chi connectivity index (χ1) is 16.7. The summed E-state index contributed by atoms with van der Waals surface area (Å²) in [6.45, 7) is 2.30. The van der Waals surface area contributed by atoms with E-state index >= 15 is 0 Å². The van der Waals surface area contributed by atoms with Gasteiger partial charge in [0.1, 0.15) is 12.0 Å². The van der Waals surface area contributed by atoms with Crippen molar-refractivity contribution in [2.45, 2.75) is 26.1 Å². The Bertz CT molecular complexity index is 1300. The topological polar surface area (TPSA) is 107 Å². The van der Waals surface area contributed by atoms with Crippen LogP contribution in [0.5, 0.6) is 0 Å². The largest absolute Gasteiger partial charge is 0.378 e. The predicted molar refractivity (Wildman–Crippen MR) is 127 cm³/mol. The Morgan fingerprint density at radius 1 is 1.12 bits per heavy atom. The van der Waals surface area contributed by atoms with Gasteiger partial charge in [-0.1, -0.05) is 24.3 Å². The zero-order valence-electron chi connectivity index (χ0n) is 18.9. The number of nitrogens with zero attached hydrogens (tertiary/aromatic N) is 5. The van der Waals surface area contributed by atoms with Crippen LogP contribution >= 0.6 is 0 Å². The maximum atomic E-state index is 12.8. The number of hydrogen-bond acceptors (Lipinski definition) is 7. The van der Waals surface area contributed by atoms with Crippen LogP contribution in [-0.4, -0.2) is 37.2 Å². The van der Waals surface area contributed by atoms with Gasteiger partial charge in [-0.3, -0.25) is 4.79 Å². The minimum absolute atomic E-state index is 0.113. The maximum absolute atomic E-state index is 12.8. The summed E-state index contributed by atoms with van der Waals surface area (Å²) in [5.41, 5.74) is 5.77. The summed E-state index contributed by atoms with van der Waals surface area (Å²) in [5, 5.41) is 14.9. The van der Waals surface area contributed by atoms with Crippen LogP contribution < -0.4 is 10.6 Å². The van der Waals surface area contributed by atoms with Crippen LogP contribution in [0.1, 0.15) is 32.9 Å². The number of benzene rings is 2. The number of aromatic nitrogens is 5. The molecule has 0 spiro atoms. The average molecular weight is 456 g/mol. The normalized spacial score (nSPS) is 12.7. The minimum Gasteiger partial charge on any atom is -0.378 e. The highest BCUT2D eigenvalue weighted by molar-refractivity contribution is 5.95. The van der Waals surface area contributed by atoms with Crippen molar-refractivity contribution < 1.29 is 9.53 Å². The second-order valence-electron chi connectivity index (χ2n) is 8.07. The first kappa shape index (κ1) is 21.7. The fourth-order valence-electron chi connectivity index (χ4n) is 4.06. The Hall–Kier alpha value is -4.11. The molecule has 9 nitrogen and oxygen atoms in total. The summed E-state index contributed by atoms with van der Waals surface area (Å²) in [7, 11) is 1.90. The standard InChI is InChI=1S/C25H25N7O2/c1-32-23(30-31-24(32)22-8-10-26-16-29-22)14-27-20-7-3-4-17(12-20)25(33)28-13-18-5-2-6-19-15-34-11-9-21(18)19/h2-8,10,12,16,27H,9,11,13-15H2,1H3,(H,28,33). The third-order valence-electron chi connectivity index (χ3n) is 5.91. The van der Waals surface area contributed by atoms with Crippen LogP contribution in [0.2, 0.25) is 0 Å². The first-order valence-corrected chi connectivity index (χ1v) is 11.1. The first-order valence-electron chi connectivity index (χ1n) is 11.1. The molecule has 2 aromatic heterocycles. The molecule has 3 heterocycles. The van der Waals surface area contributed by atoms with Crippen molar-refractivity contribution in [3.63, 3.8) is 0 Å². The summed E-state index contributed by atoms with van der Waals surface area (Å²) in [5.74, 6) is 1.31. The van der Waals surface area contributed by atoms with Gasteiger partial charge in [0.05, 0.1) is 19.8 Å². The third-order valence-corrected chi connectivity index (χ3v) is 5.91. The molecule has 0 saturated carbocycles. The van der Waals surface area contributed by atoms with Crippen molar-refractivity contribution in [2.75, 3.05) is 11.9 Å². The number of fused-ring (bicyclic) bond motifs is 1. The van der Waals surface area contributed by atoms with E-state index in [2.05, 4.69) is 42.9 Å². The fourth-order valence-corrected chi connectivity index (χ4v) is 4.06. The quantitative estimate of drug-likeness (QED) is 0.441. The molecule has 4 aromatic rings. The van der Waals surface area contributed by atoms with Gasteiger partial charge in [0.25, 0.3) is 5.91 Å². The van der Waals surface area contributed by atoms with E-state index in [0.717, 1.165) is 30.1 Å². The highest BCUT2D eigenvalue weighted by atomic mass is 16.5. The van der Waals surface area contributed by atoms with Gasteiger partial charge in [0.2, 0.25) is 0 Å². The summed E-state index contributed by atoms with van der Waals surface area (Å²) in [4.78, 5) is 21.0. The molecular formula is C25H25N7O2. The highest BCUT2D eigenvalue weighted by Crippen LogP contribution is 2.21. The molecule has 0 atom stereocenters. The minimum atomic E-state index is -0.113. The van der Waals surface area contributed by atoms with E-state index in [0.29, 0.717) is 36.8 Å². The van der Waals surface area contributed by atoms with Crippen LogP contribution in [0, 0.1) is 0 Å². The van der Waals surface area contributed by atoms with Crippen molar-refractivity contribution in [1.29, 1.82) is 0 Å². The molecular weight excluding hydrogens is 430 g/mol. The van der Waals surface area contributed by atoms with Gasteiger partial charge >= 0.3 is 0 Å². The fraction of sp³-hybridized carbons (Fsp3) is 0.240. The monoisotopic (exact) mass is 455 g/mol. The van der Waals surface area contributed by atoms with E-state index in [9.17, 15) is 4.79 Å². The lowest BCUT2D eigenvalue weighted by molar-refractivity contribution is 0.0950. The zero-order chi connectivity index (χ0) is 23.3. The summed E-state index contributed by atoms with van der Waals surface area (Å²) >= 11 is 0. The number of carbonyl (C=O) groups excluding carboxylic acids is 1. The summed E-state index contributed by atoms with van der Waals surface area (Å²) in [6, 6.07) is 15.4. The molecule has 0 unspecified atom stereocenters. The van der Waals surface area contributed by atoms with Crippen LogP contribution in [0.25, 0.3) is 11.5 Å². The maximum Gasteiger partial charge on any atom is 0.251 e. The Kier molecular flexibility index (Phi) is 6.26. The van der Waals surface area contributed by atoms with Gasteiger partial charge in [-0.25, -0.2) is 9.97 Å². The van der Waals surface area contributed by atoms with Crippen LogP contribution in [-0.2, 0) is 37.9 Å². The number of amides is 1. The molecule has 1 aliphatic rings. The number of hydrogen-bond donors (Lipinski definition) is 2. The van der Waals surface area contributed by atoms with Gasteiger partial charge in [0.15, 0.2) is 11.6 Å². The Morgan fingerprint density at radius 2 is 2.03 bits per heavy atom. The Labute approximate surface area is 197 Å². The zero-order valence-corrected chi connectivity index (χ0v) is 18.9. The molecule has 172 valence electrons. The van der Waals surface area contributed by atoms with Gasteiger partial charge in [0, 0.05) is 31.0 Å². The lowest BCUT2D eigenvalue weighted by Gasteiger charge is -2.20. The molecule has 1 amide bonds. The predicted octanol–water partition coefficient (Wildman–Crippen LogP) is 2.89. The summed E-state index contributed by atoms with van der Waals surface area (Å²) < 4.78 is 7.42. The van der Waals surface area contributed by atoms with Crippen molar-refractivity contribution in [3.05, 3.63) is 89.1 Å². The van der Waals surface area contributed by atoms with Crippen LogP contribution in [0.3, 0.4) is 0 Å². The van der Waals surface area contributed by atoms with Crippen molar-refractivity contribution in [1.82, 2.24) is 30.0 Å². The summed E-state index contributed by atoms with van der Waals surface area (Å²) in [6.07, 6.45) is 4.04. The average Bonchev–Trinajstić information content (AvgIpc) is 3.26. The van der Waals surface area contributed by atoms with Gasteiger partial charge in [-0.05, 0) is 47.4 Å². The SMILES string of the molecule is Cn1c(CNc2cccc(C(=O)NCc3cccc4c3CCOC4)c2)nnc1-c1ccncn1. The smallest absolute Gasteiger partial charge is 0.251 e. The molecule has 0 aliphatic carbocycles. The molecule has 5 rings (SSSR count).